The first-order valence-corrected chi connectivity index (χ1v) is 6.02. The molecule has 1 aliphatic rings. The minimum Gasteiger partial charge on any atom is -0.312 e. The van der Waals surface area contributed by atoms with Gasteiger partial charge in [0.2, 0.25) is 0 Å². The molecule has 1 fully saturated rings. The van der Waals surface area contributed by atoms with Crippen LogP contribution >= 0.6 is 11.3 Å². The minimum absolute atomic E-state index is 0.0149. The average Bonchev–Trinajstić information content (AvgIpc) is 2.87. The number of alkyl halides is 3. The van der Waals surface area contributed by atoms with Crippen LogP contribution in [0.1, 0.15) is 35.2 Å². The van der Waals surface area contributed by atoms with Crippen LogP contribution in [0.2, 0.25) is 0 Å². The van der Waals surface area contributed by atoms with Crippen LogP contribution in [-0.2, 0) is 6.18 Å². The van der Waals surface area contributed by atoms with Crippen molar-refractivity contribution in [3.63, 3.8) is 0 Å². The molecule has 1 aromatic rings. The van der Waals surface area contributed by atoms with E-state index in [1.807, 2.05) is 0 Å². The van der Waals surface area contributed by atoms with E-state index < -0.39 is 11.2 Å². The van der Waals surface area contributed by atoms with Crippen molar-refractivity contribution in [3.8, 4) is 0 Å². The van der Waals surface area contributed by atoms with Crippen LogP contribution in [0, 0.1) is 5.92 Å². The number of rotatable bonds is 4. The van der Waals surface area contributed by atoms with Crippen LogP contribution in [0.15, 0.2) is 6.20 Å². The maximum absolute atomic E-state index is 12.4. The Bertz CT molecular complexity index is 357. The number of halogens is 3. The second-order valence-corrected chi connectivity index (χ2v) is 5.15. The van der Waals surface area contributed by atoms with Gasteiger partial charge in [0.15, 0.2) is 5.01 Å². The molecular weight excluding hydrogens is 237 g/mol. The molecule has 1 heterocycles. The second-order valence-electron chi connectivity index (χ2n) is 4.09. The van der Waals surface area contributed by atoms with Gasteiger partial charge in [0.05, 0.1) is 0 Å². The fourth-order valence-corrected chi connectivity index (χ4v) is 2.55. The molecule has 1 aliphatic carbocycles. The molecule has 0 bridgehead atoms. The molecule has 90 valence electrons. The molecule has 1 saturated carbocycles. The van der Waals surface area contributed by atoms with E-state index in [4.69, 9.17) is 0 Å². The Hall–Kier alpha value is -0.620. The molecule has 0 amide bonds. The highest BCUT2D eigenvalue weighted by Crippen LogP contribution is 2.40. The van der Waals surface area contributed by atoms with Gasteiger partial charge in [-0.1, -0.05) is 12.8 Å². The van der Waals surface area contributed by atoms with E-state index in [0.717, 1.165) is 17.8 Å². The Balaban J connectivity index is 2.09. The van der Waals surface area contributed by atoms with Crippen LogP contribution in [0.3, 0.4) is 0 Å². The smallest absolute Gasteiger partial charge is 0.312 e. The van der Waals surface area contributed by atoms with Crippen LogP contribution < -0.4 is 5.32 Å². The fraction of sp³-hybridized carbons (Fsp3) is 0.700. The van der Waals surface area contributed by atoms with Gasteiger partial charge < -0.3 is 5.32 Å². The van der Waals surface area contributed by atoms with Crippen molar-refractivity contribution in [2.24, 2.45) is 5.92 Å². The van der Waals surface area contributed by atoms with Crippen LogP contribution in [0.25, 0.3) is 0 Å². The predicted molar refractivity (Wildman–Crippen MR) is 56.3 cm³/mol. The number of thiazole rings is 1. The highest BCUT2D eigenvalue weighted by Gasteiger charge is 2.35. The summed E-state index contributed by atoms with van der Waals surface area (Å²) in [5.41, 5.74) is 0. The Morgan fingerprint density at radius 3 is 2.69 bits per heavy atom. The highest BCUT2D eigenvalue weighted by atomic mass is 32.1. The zero-order valence-corrected chi connectivity index (χ0v) is 9.66. The van der Waals surface area contributed by atoms with Gasteiger partial charge in [-0.05, 0) is 19.4 Å². The number of aromatic nitrogens is 1. The summed E-state index contributed by atoms with van der Waals surface area (Å²) in [6.07, 6.45) is 0.333. The normalized spacial score (nSPS) is 18.8. The summed E-state index contributed by atoms with van der Waals surface area (Å²) in [4.78, 5) is 4.12. The van der Waals surface area contributed by atoms with Gasteiger partial charge >= 0.3 is 6.18 Å². The summed E-state index contributed by atoms with van der Waals surface area (Å²) >= 11 is 0.744. The van der Waals surface area contributed by atoms with Crippen LogP contribution in [0.4, 0.5) is 13.2 Å². The first kappa shape index (κ1) is 11.9. The predicted octanol–water partition coefficient (Wildman–Crippen LogP) is 3.22. The molecule has 0 aliphatic heterocycles. The second kappa shape index (κ2) is 4.33. The van der Waals surface area contributed by atoms with E-state index in [-0.39, 0.29) is 6.04 Å². The van der Waals surface area contributed by atoms with Crippen LogP contribution in [0.5, 0.6) is 0 Å². The van der Waals surface area contributed by atoms with E-state index in [1.165, 1.54) is 19.0 Å². The molecular formula is C10H13F3N2S. The van der Waals surface area contributed by atoms with E-state index in [9.17, 15) is 13.2 Å². The van der Waals surface area contributed by atoms with Crippen molar-refractivity contribution >= 4 is 11.3 Å². The maximum atomic E-state index is 12.4. The molecule has 0 saturated heterocycles. The Morgan fingerprint density at radius 2 is 2.25 bits per heavy atom. The molecule has 1 N–H and O–H groups in total. The summed E-state index contributed by atoms with van der Waals surface area (Å²) in [5, 5.41) is 2.31. The van der Waals surface area contributed by atoms with Crippen molar-refractivity contribution < 1.29 is 13.2 Å². The van der Waals surface area contributed by atoms with Crippen molar-refractivity contribution in [3.05, 3.63) is 16.1 Å². The first-order chi connectivity index (χ1) is 7.50. The lowest BCUT2D eigenvalue weighted by atomic mass is 10.1. The van der Waals surface area contributed by atoms with Gasteiger partial charge in [-0.25, -0.2) is 4.98 Å². The van der Waals surface area contributed by atoms with Crippen molar-refractivity contribution in [1.82, 2.24) is 10.3 Å². The fourth-order valence-electron chi connectivity index (χ4n) is 1.64. The molecule has 2 nitrogen and oxygen atoms in total. The third-order valence-electron chi connectivity index (χ3n) is 2.72. The number of hydrogen-bond donors (Lipinski definition) is 1. The maximum Gasteiger partial charge on any atom is 0.443 e. The van der Waals surface area contributed by atoms with Gasteiger partial charge in [0.25, 0.3) is 0 Å². The summed E-state index contributed by atoms with van der Waals surface area (Å²) < 4.78 is 37.1. The molecule has 0 spiro atoms. The standard InChI is InChI=1S/C10H13F3N2S/c1-14-7(4-6-2-3-6)8-5-15-9(16-8)10(11,12)13/h5-7,14H,2-4H2,1H3. The Morgan fingerprint density at radius 1 is 1.56 bits per heavy atom. The topological polar surface area (TPSA) is 24.9 Å². The molecule has 1 unspecified atom stereocenters. The highest BCUT2D eigenvalue weighted by molar-refractivity contribution is 7.11. The lowest BCUT2D eigenvalue weighted by molar-refractivity contribution is -0.137. The zero-order chi connectivity index (χ0) is 11.8. The van der Waals surface area contributed by atoms with Gasteiger partial charge in [0.1, 0.15) is 0 Å². The zero-order valence-electron chi connectivity index (χ0n) is 8.84. The summed E-state index contributed by atoms with van der Waals surface area (Å²) in [7, 11) is 1.78. The third kappa shape index (κ3) is 2.74. The third-order valence-corrected chi connectivity index (χ3v) is 3.88. The number of nitrogens with one attached hydrogen (secondary N) is 1. The first-order valence-electron chi connectivity index (χ1n) is 5.21. The summed E-state index contributed by atoms with van der Waals surface area (Å²) in [6, 6.07) is 0.0149. The van der Waals surface area contributed by atoms with Crippen molar-refractivity contribution in [2.45, 2.75) is 31.5 Å². The van der Waals surface area contributed by atoms with Gasteiger partial charge in [0, 0.05) is 17.1 Å². The monoisotopic (exact) mass is 250 g/mol. The Kier molecular flexibility index (Phi) is 3.21. The number of nitrogens with zero attached hydrogens (tertiary/aromatic N) is 1. The quantitative estimate of drug-likeness (QED) is 0.887. The molecule has 0 radical (unpaired) electrons. The van der Waals surface area contributed by atoms with E-state index in [1.54, 1.807) is 7.05 Å². The van der Waals surface area contributed by atoms with E-state index in [2.05, 4.69) is 10.3 Å². The van der Waals surface area contributed by atoms with Crippen LogP contribution in [-0.4, -0.2) is 12.0 Å². The minimum atomic E-state index is -4.32. The number of hydrogen-bond acceptors (Lipinski definition) is 3. The lowest BCUT2D eigenvalue weighted by Crippen LogP contribution is -2.15. The van der Waals surface area contributed by atoms with Crippen molar-refractivity contribution in [1.29, 1.82) is 0 Å². The largest absolute Gasteiger partial charge is 0.443 e. The molecule has 6 heteroatoms. The summed E-state index contributed by atoms with van der Waals surface area (Å²) in [6.45, 7) is 0. The molecule has 2 rings (SSSR count). The molecule has 16 heavy (non-hydrogen) atoms. The Labute approximate surface area is 95.9 Å². The van der Waals surface area contributed by atoms with Gasteiger partial charge in [-0.3, -0.25) is 0 Å². The molecule has 1 aromatic heterocycles. The summed E-state index contributed by atoms with van der Waals surface area (Å²) in [5.74, 6) is 0.675. The molecule has 1 atom stereocenters. The SMILES string of the molecule is CNC(CC1CC1)c1cnc(C(F)(F)F)s1. The molecule has 0 aromatic carbocycles. The average molecular weight is 250 g/mol. The van der Waals surface area contributed by atoms with Crippen molar-refractivity contribution in [2.75, 3.05) is 7.05 Å². The van der Waals surface area contributed by atoms with Gasteiger partial charge in [-0.2, -0.15) is 13.2 Å². The van der Waals surface area contributed by atoms with Gasteiger partial charge in [-0.15, -0.1) is 11.3 Å². The van der Waals surface area contributed by atoms with E-state index in [0.29, 0.717) is 10.8 Å². The lowest BCUT2D eigenvalue weighted by Gasteiger charge is -2.12. The van der Waals surface area contributed by atoms with E-state index >= 15 is 0 Å².